The van der Waals surface area contributed by atoms with Gasteiger partial charge in [0.05, 0.1) is 6.04 Å². The lowest BCUT2D eigenvalue weighted by Crippen LogP contribution is -2.54. The van der Waals surface area contributed by atoms with Crippen molar-refractivity contribution in [1.29, 1.82) is 0 Å². The number of hydrogen-bond donors (Lipinski definition) is 1. The number of esters is 1. The van der Waals surface area contributed by atoms with Gasteiger partial charge < -0.3 is 15.2 Å². The first-order valence-electron chi connectivity index (χ1n) is 7.20. The Balaban J connectivity index is 5.37. The molecule has 2 N–H and O–H groups in total. The molecule has 2 amide bonds. The van der Waals surface area contributed by atoms with Gasteiger partial charge >= 0.3 is 12.1 Å². The van der Waals surface area contributed by atoms with Gasteiger partial charge in [0.15, 0.2) is 0 Å². The third kappa shape index (κ3) is 6.89. The molecular formula is C15H28N2O5. The van der Waals surface area contributed by atoms with Crippen LogP contribution in [0, 0.1) is 0 Å². The summed E-state index contributed by atoms with van der Waals surface area (Å²) in [4.78, 5) is 37.3. The second kappa shape index (κ2) is 7.09. The quantitative estimate of drug-likeness (QED) is 0.797. The molecule has 7 heteroatoms. The molecule has 0 aliphatic carbocycles. The molecule has 0 aromatic carbocycles. The summed E-state index contributed by atoms with van der Waals surface area (Å²) in [5.74, 6) is -1.40. The van der Waals surface area contributed by atoms with E-state index in [1.807, 2.05) is 0 Å². The highest BCUT2D eigenvalue weighted by Crippen LogP contribution is 2.16. The molecule has 22 heavy (non-hydrogen) atoms. The molecule has 0 heterocycles. The lowest BCUT2D eigenvalue weighted by atomic mass is 10.1. The van der Waals surface area contributed by atoms with Crippen LogP contribution in [-0.4, -0.2) is 46.2 Å². The fourth-order valence-corrected chi connectivity index (χ4v) is 1.46. The topological polar surface area (TPSA) is 98.9 Å². The summed E-state index contributed by atoms with van der Waals surface area (Å²) in [6, 6.07) is -2.08. The first-order chi connectivity index (χ1) is 9.65. The van der Waals surface area contributed by atoms with Crippen molar-refractivity contribution in [3.63, 3.8) is 0 Å². The van der Waals surface area contributed by atoms with Gasteiger partial charge in [-0.15, -0.1) is 0 Å². The van der Waals surface area contributed by atoms with Crippen molar-refractivity contribution in [2.45, 2.75) is 78.7 Å². The van der Waals surface area contributed by atoms with Crippen LogP contribution in [0.25, 0.3) is 0 Å². The van der Waals surface area contributed by atoms with Crippen molar-refractivity contribution < 1.29 is 23.9 Å². The number of ether oxygens (including phenoxy) is 2. The summed E-state index contributed by atoms with van der Waals surface area (Å²) < 4.78 is 10.4. The van der Waals surface area contributed by atoms with Gasteiger partial charge in [-0.1, -0.05) is 0 Å². The average Bonchev–Trinajstić information content (AvgIpc) is 2.23. The van der Waals surface area contributed by atoms with Crippen LogP contribution in [0.4, 0.5) is 4.79 Å². The Morgan fingerprint density at radius 3 is 1.64 bits per heavy atom. The maximum absolute atomic E-state index is 12.2. The molecule has 0 spiro atoms. The summed E-state index contributed by atoms with van der Waals surface area (Å²) in [5, 5.41) is 0. The summed E-state index contributed by atoms with van der Waals surface area (Å²) >= 11 is 0. The Morgan fingerprint density at radius 2 is 1.32 bits per heavy atom. The minimum Gasteiger partial charge on any atom is -0.458 e. The van der Waals surface area contributed by atoms with E-state index in [0.717, 1.165) is 0 Å². The van der Waals surface area contributed by atoms with Crippen LogP contribution in [-0.2, 0) is 19.1 Å². The monoisotopic (exact) mass is 316 g/mol. The highest BCUT2D eigenvalue weighted by Gasteiger charge is 2.38. The summed E-state index contributed by atoms with van der Waals surface area (Å²) in [6.07, 6.45) is -0.923. The van der Waals surface area contributed by atoms with E-state index in [1.165, 1.54) is 13.8 Å². The number of carbonyl (C=O) groups excluding carboxylic acids is 3. The summed E-state index contributed by atoms with van der Waals surface area (Å²) in [6.45, 7) is 12.9. The lowest BCUT2D eigenvalue weighted by Gasteiger charge is -2.31. The zero-order valence-corrected chi connectivity index (χ0v) is 14.7. The highest BCUT2D eigenvalue weighted by atomic mass is 16.6. The van der Waals surface area contributed by atoms with Crippen molar-refractivity contribution in [3.05, 3.63) is 0 Å². The largest absolute Gasteiger partial charge is 0.458 e. The number of nitrogens with two attached hydrogens (primary N) is 1. The van der Waals surface area contributed by atoms with E-state index in [1.54, 1.807) is 41.5 Å². The van der Waals surface area contributed by atoms with Gasteiger partial charge in [-0.3, -0.25) is 4.79 Å². The standard InChI is InChI=1S/C15H28N2O5/c1-9(16)11(18)17(13(20)22-15(6,7)8)10(2)12(19)21-14(3,4)5/h9-10H,16H2,1-8H3/t9-,10-/m0/s1. The summed E-state index contributed by atoms with van der Waals surface area (Å²) in [7, 11) is 0. The molecular weight excluding hydrogens is 288 g/mol. The molecule has 2 atom stereocenters. The van der Waals surface area contributed by atoms with Gasteiger partial charge in [-0.05, 0) is 55.4 Å². The molecule has 0 fully saturated rings. The number of imide groups is 1. The van der Waals surface area contributed by atoms with E-state index in [9.17, 15) is 14.4 Å². The van der Waals surface area contributed by atoms with E-state index in [4.69, 9.17) is 15.2 Å². The maximum Gasteiger partial charge on any atom is 0.417 e. The first kappa shape index (κ1) is 20.4. The maximum atomic E-state index is 12.2. The Kier molecular flexibility index (Phi) is 6.56. The fourth-order valence-electron chi connectivity index (χ4n) is 1.46. The van der Waals surface area contributed by atoms with Crippen LogP contribution < -0.4 is 5.73 Å². The van der Waals surface area contributed by atoms with Crippen LogP contribution in [0.15, 0.2) is 0 Å². The van der Waals surface area contributed by atoms with Gasteiger partial charge in [0.1, 0.15) is 17.2 Å². The highest BCUT2D eigenvalue weighted by molar-refractivity contribution is 5.98. The molecule has 0 aliphatic rings. The van der Waals surface area contributed by atoms with E-state index < -0.39 is 41.3 Å². The molecule has 128 valence electrons. The number of amides is 2. The van der Waals surface area contributed by atoms with Crippen LogP contribution in [0.5, 0.6) is 0 Å². The Bertz CT molecular complexity index is 432. The number of rotatable bonds is 3. The van der Waals surface area contributed by atoms with Crippen LogP contribution in [0.3, 0.4) is 0 Å². The number of nitrogens with zero attached hydrogens (tertiary/aromatic N) is 1. The van der Waals surface area contributed by atoms with E-state index in [2.05, 4.69) is 0 Å². The van der Waals surface area contributed by atoms with Gasteiger partial charge in [0.25, 0.3) is 0 Å². The molecule has 0 rings (SSSR count). The zero-order valence-electron chi connectivity index (χ0n) is 14.7. The van der Waals surface area contributed by atoms with E-state index in [0.29, 0.717) is 4.90 Å². The molecule has 0 aliphatic heterocycles. The van der Waals surface area contributed by atoms with Gasteiger partial charge in [-0.25, -0.2) is 14.5 Å². The SMILES string of the molecule is C[C@H](N)C(=O)N(C(=O)OC(C)(C)C)[C@@H](C)C(=O)OC(C)(C)C. The Hall–Kier alpha value is -1.63. The summed E-state index contributed by atoms with van der Waals surface area (Å²) in [5.41, 5.74) is 4.01. The molecule has 0 unspecified atom stereocenters. The molecule has 7 nitrogen and oxygen atoms in total. The lowest BCUT2D eigenvalue weighted by molar-refractivity contribution is -0.163. The van der Waals surface area contributed by atoms with Gasteiger partial charge in [-0.2, -0.15) is 0 Å². The molecule has 0 radical (unpaired) electrons. The Morgan fingerprint density at radius 1 is 0.909 bits per heavy atom. The van der Waals surface area contributed by atoms with E-state index >= 15 is 0 Å². The molecule has 0 saturated heterocycles. The van der Waals surface area contributed by atoms with Crippen molar-refractivity contribution in [2.75, 3.05) is 0 Å². The smallest absolute Gasteiger partial charge is 0.417 e. The zero-order chi connectivity index (χ0) is 17.9. The minimum absolute atomic E-state index is 0.701. The van der Waals surface area contributed by atoms with Gasteiger partial charge in [0.2, 0.25) is 5.91 Å². The fraction of sp³-hybridized carbons (Fsp3) is 0.800. The molecule has 0 aromatic rings. The molecule has 0 aromatic heterocycles. The van der Waals surface area contributed by atoms with Crippen molar-refractivity contribution >= 4 is 18.0 Å². The predicted octanol–water partition coefficient (Wildman–Crippen LogP) is 1.83. The van der Waals surface area contributed by atoms with E-state index in [-0.39, 0.29) is 0 Å². The van der Waals surface area contributed by atoms with Crippen molar-refractivity contribution in [1.82, 2.24) is 4.90 Å². The van der Waals surface area contributed by atoms with Crippen LogP contribution in [0.2, 0.25) is 0 Å². The van der Waals surface area contributed by atoms with Gasteiger partial charge in [0, 0.05) is 0 Å². The number of carbonyl (C=O) groups is 3. The third-order valence-corrected chi connectivity index (χ3v) is 2.35. The molecule has 0 bridgehead atoms. The normalized spacial score (nSPS) is 14.8. The predicted molar refractivity (Wildman–Crippen MR) is 82.0 cm³/mol. The molecule has 0 saturated carbocycles. The van der Waals surface area contributed by atoms with Crippen molar-refractivity contribution in [2.24, 2.45) is 5.73 Å². The van der Waals surface area contributed by atoms with Crippen molar-refractivity contribution in [3.8, 4) is 0 Å². The number of hydrogen-bond acceptors (Lipinski definition) is 6. The Labute approximate surface area is 132 Å². The average molecular weight is 316 g/mol. The van der Waals surface area contributed by atoms with Crippen LogP contribution in [0.1, 0.15) is 55.4 Å². The first-order valence-corrected chi connectivity index (χ1v) is 7.20. The minimum atomic E-state index is -1.13. The third-order valence-electron chi connectivity index (χ3n) is 2.35. The second-order valence-electron chi connectivity index (χ2n) is 7.19. The second-order valence-corrected chi connectivity index (χ2v) is 7.19. The van der Waals surface area contributed by atoms with Crippen LogP contribution >= 0.6 is 0 Å².